The zero-order chi connectivity index (χ0) is 21.5. The number of nitrogens with zero attached hydrogens (tertiary/aromatic N) is 5. The molecular weight excluding hydrogens is 416 g/mol. The third-order valence-electron chi connectivity index (χ3n) is 6.48. The summed E-state index contributed by atoms with van der Waals surface area (Å²) in [6.45, 7) is 2.37. The fourth-order valence-corrected chi connectivity index (χ4v) is 5.64. The molecule has 7 heteroatoms. The van der Waals surface area contributed by atoms with E-state index in [-0.39, 0.29) is 0 Å². The second-order valence-corrected chi connectivity index (χ2v) is 10.0. The molecule has 6 nitrogen and oxygen atoms in total. The summed E-state index contributed by atoms with van der Waals surface area (Å²) < 4.78 is 2.45. The van der Waals surface area contributed by atoms with Crippen LogP contribution in [0.3, 0.4) is 0 Å². The van der Waals surface area contributed by atoms with Gasteiger partial charge in [0.05, 0.1) is 17.4 Å². The lowest BCUT2D eigenvalue weighted by Gasteiger charge is -2.35. The van der Waals surface area contributed by atoms with Crippen LogP contribution in [0.2, 0.25) is 0 Å². The molecule has 6 rings (SSSR count). The molecule has 1 aromatic carbocycles. The number of aliphatic imine (C=N–C) groups is 1. The monoisotopic (exact) mass is 444 g/mol. The largest absolute Gasteiger partial charge is 0.340 e. The molecule has 1 unspecified atom stereocenters. The summed E-state index contributed by atoms with van der Waals surface area (Å²) in [6.07, 6.45) is 11.5. The van der Waals surface area contributed by atoms with Gasteiger partial charge >= 0.3 is 0 Å². The second-order valence-electron chi connectivity index (χ2n) is 8.86. The van der Waals surface area contributed by atoms with E-state index in [1.165, 1.54) is 43.7 Å². The average Bonchev–Trinajstić information content (AvgIpc) is 3.43. The summed E-state index contributed by atoms with van der Waals surface area (Å²) in [5.41, 5.74) is 2.86. The summed E-state index contributed by atoms with van der Waals surface area (Å²) in [6, 6.07) is 15.1. The minimum Gasteiger partial charge on any atom is -0.340 e. The molecule has 0 radical (unpaired) electrons. The van der Waals surface area contributed by atoms with E-state index < -0.39 is 0 Å². The van der Waals surface area contributed by atoms with E-state index in [1.807, 2.05) is 36.3 Å². The SMILES string of the molecule is CN1C(C2CC2)C=C2N=C(c3ccccn3)C=C(Nc3ccc(SN4CCCC4)cc3)N21. The van der Waals surface area contributed by atoms with Crippen molar-refractivity contribution < 1.29 is 0 Å². The van der Waals surface area contributed by atoms with E-state index in [4.69, 9.17) is 4.99 Å². The first-order chi connectivity index (χ1) is 15.7. The molecule has 2 aromatic rings. The maximum Gasteiger partial charge on any atom is 0.147 e. The average molecular weight is 445 g/mol. The number of fused-ring (bicyclic) bond motifs is 1. The van der Waals surface area contributed by atoms with Crippen LogP contribution in [0.5, 0.6) is 0 Å². The molecular formula is C25H28N6S. The Bertz CT molecular complexity index is 1070. The number of likely N-dealkylation sites (N-methyl/N-ethyl adjacent to an activating group) is 1. The Kier molecular flexibility index (Phi) is 5.25. The predicted molar refractivity (Wildman–Crippen MR) is 130 cm³/mol. The minimum absolute atomic E-state index is 0.404. The van der Waals surface area contributed by atoms with Gasteiger partial charge in [0.2, 0.25) is 0 Å². The molecule has 0 bridgehead atoms. The Morgan fingerprint density at radius 1 is 1.03 bits per heavy atom. The third kappa shape index (κ3) is 3.96. The number of anilines is 1. The highest BCUT2D eigenvalue weighted by molar-refractivity contribution is 7.97. The van der Waals surface area contributed by atoms with Crippen molar-refractivity contribution in [3.63, 3.8) is 0 Å². The Balaban J connectivity index is 1.27. The summed E-state index contributed by atoms with van der Waals surface area (Å²) in [7, 11) is 2.17. The molecule has 1 aliphatic carbocycles. The number of hydrogen-bond donors (Lipinski definition) is 1. The van der Waals surface area contributed by atoms with Gasteiger partial charge in [0.1, 0.15) is 11.6 Å². The Labute approximate surface area is 193 Å². The number of aromatic nitrogens is 1. The minimum atomic E-state index is 0.404. The van der Waals surface area contributed by atoms with Crippen molar-refractivity contribution in [2.45, 2.75) is 36.6 Å². The molecule has 0 amide bonds. The van der Waals surface area contributed by atoms with Crippen molar-refractivity contribution in [1.82, 2.24) is 19.3 Å². The lowest BCUT2D eigenvalue weighted by molar-refractivity contribution is 0.0619. The van der Waals surface area contributed by atoms with E-state index in [9.17, 15) is 0 Å². The van der Waals surface area contributed by atoms with Gasteiger partial charge in [-0.15, -0.1) is 0 Å². The van der Waals surface area contributed by atoms with Crippen LogP contribution in [0.15, 0.2) is 82.3 Å². The topological polar surface area (TPSA) is 47.0 Å². The third-order valence-corrected chi connectivity index (χ3v) is 7.59. The van der Waals surface area contributed by atoms with Crippen LogP contribution in [0.1, 0.15) is 31.4 Å². The van der Waals surface area contributed by atoms with Gasteiger partial charge in [0.15, 0.2) is 0 Å². The number of hydrazine groups is 1. The van der Waals surface area contributed by atoms with Crippen LogP contribution in [0.25, 0.3) is 0 Å². The maximum absolute atomic E-state index is 4.96. The first-order valence-corrected chi connectivity index (χ1v) is 12.3. The Morgan fingerprint density at radius 3 is 2.56 bits per heavy atom. The maximum atomic E-state index is 4.96. The Hall–Kier alpha value is -2.61. The molecule has 1 atom stereocenters. The summed E-state index contributed by atoms with van der Waals surface area (Å²) >= 11 is 1.87. The predicted octanol–water partition coefficient (Wildman–Crippen LogP) is 4.72. The van der Waals surface area contributed by atoms with Gasteiger partial charge in [0, 0.05) is 43.0 Å². The number of hydrogen-bond acceptors (Lipinski definition) is 7. The van der Waals surface area contributed by atoms with Gasteiger partial charge in [-0.2, -0.15) is 0 Å². The highest BCUT2D eigenvalue weighted by Gasteiger charge is 2.42. The van der Waals surface area contributed by atoms with Crippen LogP contribution in [0, 0.1) is 5.92 Å². The highest BCUT2D eigenvalue weighted by atomic mass is 32.2. The number of benzene rings is 1. The van der Waals surface area contributed by atoms with Gasteiger partial charge in [-0.3, -0.25) is 4.98 Å². The normalized spacial score (nSPS) is 23.6. The molecule has 4 aliphatic rings. The van der Waals surface area contributed by atoms with Crippen molar-refractivity contribution in [1.29, 1.82) is 0 Å². The molecule has 1 aromatic heterocycles. The van der Waals surface area contributed by atoms with Crippen molar-refractivity contribution in [3.05, 3.63) is 78.1 Å². The molecule has 1 N–H and O–H groups in total. The van der Waals surface area contributed by atoms with Crippen molar-refractivity contribution in [2.75, 3.05) is 25.5 Å². The lowest BCUT2D eigenvalue weighted by atomic mass is 10.2. The number of rotatable bonds is 6. The fourth-order valence-electron chi connectivity index (χ4n) is 4.64. The Morgan fingerprint density at radius 2 is 1.84 bits per heavy atom. The van der Waals surface area contributed by atoms with Gasteiger partial charge in [-0.05, 0) is 86.0 Å². The number of pyridine rings is 1. The smallest absolute Gasteiger partial charge is 0.147 e. The van der Waals surface area contributed by atoms with E-state index in [2.05, 4.69) is 68.1 Å². The standard InChI is InChI=1S/C25H28N6S/c1-29-23(18-7-8-18)17-25-28-22(21-6-2-3-13-26-21)16-24(31(25)29)27-19-9-11-20(12-10-19)32-30-14-4-5-15-30/h2-3,6,9-13,16-18,23,27H,4-5,7-8,14-15H2,1H3. The van der Waals surface area contributed by atoms with Gasteiger partial charge in [0.25, 0.3) is 0 Å². The zero-order valence-electron chi connectivity index (χ0n) is 18.3. The van der Waals surface area contributed by atoms with Crippen LogP contribution in [-0.2, 0) is 0 Å². The van der Waals surface area contributed by atoms with Crippen LogP contribution >= 0.6 is 11.9 Å². The molecule has 0 spiro atoms. The molecule has 32 heavy (non-hydrogen) atoms. The molecule has 1 saturated heterocycles. The first-order valence-electron chi connectivity index (χ1n) is 11.5. The van der Waals surface area contributed by atoms with E-state index in [0.717, 1.165) is 34.7 Å². The van der Waals surface area contributed by atoms with Gasteiger partial charge in [-0.25, -0.2) is 19.3 Å². The molecule has 2 fully saturated rings. The van der Waals surface area contributed by atoms with E-state index >= 15 is 0 Å². The van der Waals surface area contributed by atoms with Crippen LogP contribution in [0.4, 0.5) is 5.69 Å². The molecule has 1 saturated carbocycles. The second kappa shape index (κ2) is 8.39. The van der Waals surface area contributed by atoms with Crippen LogP contribution < -0.4 is 5.32 Å². The molecule has 4 heterocycles. The van der Waals surface area contributed by atoms with Gasteiger partial charge in [-0.1, -0.05) is 6.07 Å². The van der Waals surface area contributed by atoms with Crippen LogP contribution in [-0.4, -0.2) is 51.2 Å². The molecule has 3 aliphatic heterocycles. The van der Waals surface area contributed by atoms with Crippen molar-refractivity contribution >= 4 is 23.3 Å². The quantitative estimate of drug-likeness (QED) is 0.651. The lowest BCUT2D eigenvalue weighted by Crippen LogP contribution is -2.42. The van der Waals surface area contributed by atoms with Crippen molar-refractivity contribution in [2.24, 2.45) is 10.9 Å². The highest BCUT2D eigenvalue weighted by Crippen LogP contribution is 2.42. The summed E-state index contributed by atoms with van der Waals surface area (Å²) in [4.78, 5) is 10.8. The zero-order valence-corrected chi connectivity index (χ0v) is 19.1. The van der Waals surface area contributed by atoms with E-state index in [0.29, 0.717) is 6.04 Å². The molecule has 164 valence electrons. The number of nitrogens with one attached hydrogen (secondary N) is 1. The van der Waals surface area contributed by atoms with Crippen molar-refractivity contribution in [3.8, 4) is 0 Å². The summed E-state index contributed by atoms with van der Waals surface area (Å²) in [5.74, 6) is 2.73. The first kappa shape index (κ1) is 20.0. The summed E-state index contributed by atoms with van der Waals surface area (Å²) in [5, 5.41) is 8.19. The van der Waals surface area contributed by atoms with E-state index in [1.54, 1.807) is 0 Å². The number of allylic oxidation sites excluding steroid dienone is 1. The fraction of sp³-hybridized carbons (Fsp3) is 0.360. The van der Waals surface area contributed by atoms with Gasteiger partial charge < -0.3 is 5.32 Å².